The zero-order chi connectivity index (χ0) is 9.84. The molecule has 0 saturated heterocycles. The van der Waals surface area contributed by atoms with Gasteiger partial charge in [-0.25, -0.2) is 0 Å². The molecule has 3 nitrogen and oxygen atoms in total. The van der Waals surface area contributed by atoms with E-state index in [1.54, 1.807) is 24.3 Å². The molecule has 69 valence electrons. The van der Waals surface area contributed by atoms with E-state index in [4.69, 9.17) is 10.5 Å². The molecule has 1 aromatic rings. The Morgan fingerprint density at radius 1 is 1.46 bits per heavy atom. The second kappa shape index (κ2) is 3.94. The first-order valence-electron chi connectivity index (χ1n) is 4.12. The fourth-order valence-electron chi connectivity index (χ4n) is 0.983. The molecule has 0 atom stereocenters. The highest BCUT2D eigenvalue weighted by Crippen LogP contribution is 2.14. The van der Waals surface area contributed by atoms with E-state index in [0.717, 1.165) is 0 Å². The van der Waals surface area contributed by atoms with Crippen molar-refractivity contribution in [3.8, 4) is 5.75 Å². The van der Waals surface area contributed by atoms with E-state index in [0.29, 0.717) is 11.3 Å². The van der Waals surface area contributed by atoms with Gasteiger partial charge in [0.2, 0.25) is 0 Å². The summed E-state index contributed by atoms with van der Waals surface area (Å²) in [6.45, 7) is 3.82. The first-order valence-corrected chi connectivity index (χ1v) is 4.12. The molecule has 0 aliphatic carbocycles. The summed E-state index contributed by atoms with van der Waals surface area (Å²) >= 11 is 0. The highest BCUT2D eigenvalue weighted by Gasteiger charge is 2.03. The zero-order valence-corrected chi connectivity index (χ0v) is 7.70. The summed E-state index contributed by atoms with van der Waals surface area (Å²) in [6.07, 6.45) is 0.0797. The summed E-state index contributed by atoms with van der Waals surface area (Å²) in [7, 11) is 0. The number of carbonyl (C=O) groups is 1. The Morgan fingerprint density at radius 2 is 2.15 bits per heavy atom. The van der Waals surface area contributed by atoms with E-state index in [1.165, 1.54) is 0 Å². The van der Waals surface area contributed by atoms with Crippen molar-refractivity contribution >= 4 is 5.91 Å². The number of benzene rings is 1. The Balaban J connectivity index is 2.85. The van der Waals surface area contributed by atoms with E-state index in [1.807, 2.05) is 13.8 Å². The molecule has 0 unspecified atom stereocenters. The number of rotatable bonds is 3. The molecule has 0 spiro atoms. The van der Waals surface area contributed by atoms with Crippen LogP contribution < -0.4 is 10.5 Å². The minimum Gasteiger partial charge on any atom is -0.491 e. The van der Waals surface area contributed by atoms with Gasteiger partial charge in [0, 0.05) is 5.56 Å². The third-order valence-electron chi connectivity index (χ3n) is 1.47. The minimum atomic E-state index is -0.686. The average molecular weight is 178 g/mol. The van der Waals surface area contributed by atoms with Crippen LogP contribution in [0.5, 0.6) is 5.75 Å². The number of amides is 1. The first kappa shape index (κ1) is 9.58. The summed E-state index contributed by atoms with van der Waals surface area (Å²) in [5, 5.41) is 0. The Hall–Kier alpha value is -1.51. The van der Waals surface area contributed by atoms with Gasteiger partial charge in [-0.15, -0.1) is 0 Å². The van der Waals surface area contributed by atoms with Gasteiger partial charge in [-0.1, -0.05) is 6.07 Å². The Kier molecular flexibility index (Phi) is 2.90. The SMILES string of the molecule is CC(C)Oc1cccc(C([NH])=O)c1. The van der Waals surface area contributed by atoms with Crippen molar-refractivity contribution in [2.24, 2.45) is 0 Å². The topological polar surface area (TPSA) is 50.1 Å². The maximum Gasteiger partial charge on any atom is 0.269 e. The lowest BCUT2D eigenvalue weighted by atomic mass is 10.2. The van der Waals surface area contributed by atoms with Gasteiger partial charge in [-0.2, -0.15) is 0 Å². The molecular weight excluding hydrogens is 166 g/mol. The van der Waals surface area contributed by atoms with Crippen molar-refractivity contribution in [2.45, 2.75) is 20.0 Å². The quantitative estimate of drug-likeness (QED) is 0.709. The molecule has 0 aliphatic heterocycles. The number of carbonyl (C=O) groups excluding carboxylic acids is 1. The van der Waals surface area contributed by atoms with Crippen molar-refractivity contribution in [3.05, 3.63) is 29.8 Å². The van der Waals surface area contributed by atoms with E-state index < -0.39 is 5.91 Å². The van der Waals surface area contributed by atoms with E-state index >= 15 is 0 Å². The van der Waals surface area contributed by atoms with Crippen LogP contribution in [0.3, 0.4) is 0 Å². The lowest BCUT2D eigenvalue weighted by molar-refractivity contribution is 0.0991. The first-order chi connectivity index (χ1) is 6.09. The summed E-state index contributed by atoms with van der Waals surface area (Å²) in [5.74, 6) is -0.0534. The van der Waals surface area contributed by atoms with E-state index in [-0.39, 0.29) is 6.10 Å². The standard InChI is InChI=1S/C10H12NO2/c1-7(2)13-9-5-3-4-8(6-9)10(11)12/h3-7,11H,1-2H3. The van der Waals surface area contributed by atoms with Crippen LogP contribution in [0, 0.1) is 0 Å². The van der Waals surface area contributed by atoms with Crippen molar-refractivity contribution in [3.63, 3.8) is 0 Å². The number of hydrogen-bond donors (Lipinski definition) is 0. The lowest BCUT2D eigenvalue weighted by Gasteiger charge is -2.09. The Bertz CT molecular complexity index is 308. The second-order valence-electron chi connectivity index (χ2n) is 3.02. The monoisotopic (exact) mass is 178 g/mol. The molecule has 1 radical (unpaired) electrons. The summed E-state index contributed by atoms with van der Waals surface area (Å²) in [6, 6.07) is 6.66. The second-order valence-corrected chi connectivity index (χ2v) is 3.02. The van der Waals surface area contributed by atoms with Crippen LogP contribution in [0.4, 0.5) is 0 Å². The smallest absolute Gasteiger partial charge is 0.269 e. The van der Waals surface area contributed by atoms with Gasteiger partial charge in [-0.05, 0) is 32.0 Å². The summed E-state index contributed by atoms with van der Waals surface area (Å²) in [4.78, 5) is 10.7. The predicted molar refractivity (Wildman–Crippen MR) is 49.6 cm³/mol. The molecule has 0 aromatic heterocycles. The van der Waals surface area contributed by atoms with Gasteiger partial charge in [0.1, 0.15) is 5.75 Å². The molecule has 0 saturated carbocycles. The molecule has 13 heavy (non-hydrogen) atoms. The Morgan fingerprint density at radius 3 is 2.69 bits per heavy atom. The molecule has 0 bridgehead atoms. The molecule has 1 aromatic carbocycles. The van der Waals surface area contributed by atoms with Crippen LogP contribution >= 0.6 is 0 Å². The third-order valence-corrected chi connectivity index (χ3v) is 1.47. The molecule has 1 amide bonds. The maximum atomic E-state index is 10.7. The van der Waals surface area contributed by atoms with Crippen LogP contribution in [-0.2, 0) is 0 Å². The minimum absolute atomic E-state index is 0.0797. The van der Waals surface area contributed by atoms with Crippen LogP contribution in [0.15, 0.2) is 24.3 Å². The lowest BCUT2D eigenvalue weighted by Crippen LogP contribution is -2.06. The normalized spacial score (nSPS) is 10.1. The summed E-state index contributed by atoms with van der Waals surface area (Å²) < 4.78 is 5.37. The van der Waals surface area contributed by atoms with Crippen LogP contribution in [0.25, 0.3) is 0 Å². The molecule has 0 fully saturated rings. The van der Waals surface area contributed by atoms with Gasteiger partial charge in [0.25, 0.3) is 5.91 Å². The molecular formula is C10H12NO2. The highest BCUT2D eigenvalue weighted by atomic mass is 16.5. The largest absolute Gasteiger partial charge is 0.491 e. The van der Waals surface area contributed by atoms with E-state index in [2.05, 4.69) is 0 Å². The van der Waals surface area contributed by atoms with Crippen LogP contribution in [-0.4, -0.2) is 12.0 Å². The molecule has 1 rings (SSSR count). The zero-order valence-electron chi connectivity index (χ0n) is 7.70. The molecule has 3 heteroatoms. The van der Waals surface area contributed by atoms with Crippen molar-refractivity contribution in [1.82, 2.24) is 5.73 Å². The van der Waals surface area contributed by atoms with Crippen LogP contribution in [0.2, 0.25) is 0 Å². The molecule has 1 N–H and O–H groups in total. The average Bonchev–Trinajstić information content (AvgIpc) is 2.03. The van der Waals surface area contributed by atoms with Gasteiger partial charge < -0.3 is 4.74 Å². The van der Waals surface area contributed by atoms with Crippen molar-refractivity contribution < 1.29 is 9.53 Å². The number of nitrogens with one attached hydrogen (secondary N) is 1. The van der Waals surface area contributed by atoms with Crippen LogP contribution in [0.1, 0.15) is 24.2 Å². The fraction of sp³-hybridized carbons (Fsp3) is 0.300. The maximum absolute atomic E-state index is 10.7. The van der Waals surface area contributed by atoms with Crippen molar-refractivity contribution in [1.29, 1.82) is 0 Å². The number of ether oxygens (including phenoxy) is 1. The molecule has 0 aliphatic rings. The molecule has 0 heterocycles. The predicted octanol–water partition coefficient (Wildman–Crippen LogP) is 1.90. The summed E-state index contributed by atoms with van der Waals surface area (Å²) in [5.41, 5.74) is 7.26. The third kappa shape index (κ3) is 2.78. The van der Waals surface area contributed by atoms with Gasteiger partial charge in [0.15, 0.2) is 0 Å². The van der Waals surface area contributed by atoms with Gasteiger partial charge >= 0.3 is 0 Å². The highest BCUT2D eigenvalue weighted by molar-refractivity contribution is 5.92. The number of hydrogen-bond acceptors (Lipinski definition) is 2. The van der Waals surface area contributed by atoms with E-state index in [9.17, 15) is 4.79 Å². The van der Waals surface area contributed by atoms with Crippen molar-refractivity contribution in [2.75, 3.05) is 0 Å². The fourth-order valence-corrected chi connectivity index (χ4v) is 0.983. The Labute approximate surface area is 77.5 Å². The van der Waals surface area contributed by atoms with Gasteiger partial charge in [0.05, 0.1) is 6.10 Å². The van der Waals surface area contributed by atoms with Gasteiger partial charge in [-0.3, -0.25) is 10.5 Å².